The van der Waals surface area contributed by atoms with Crippen LogP contribution in [0.4, 0.5) is 10.3 Å². The number of nitrogens with zero attached hydrogens (tertiary/aromatic N) is 1. The number of hydrogen-bond acceptors (Lipinski definition) is 2. The Hall–Kier alpha value is -1.88. The molecule has 96 valence electrons. The molecule has 0 aliphatic heterocycles. The predicted molar refractivity (Wildman–Crippen MR) is 77.5 cm³/mol. The molecule has 0 saturated heterocycles. The molecule has 1 heterocycles. The highest BCUT2D eigenvalue weighted by molar-refractivity contribution is 9.10. The molecular formula is C14H11BrFN3. The second-order valence-corrected chi connectivity index (χ2v) is 5.14. The molecule has 3 rings (SSSR count). The van der Waals surface area contributed by atoms with Crippen LogP contribution < -0.4 is 5.32 Å². The van der Waals surface area contributed by atoms with Crippen LogP contribution in [-0.2, 0) is 6.54 Å². The first kappa shape index (κ1) is 12.2. The molecule has 2 aromatic carbocycles. The average molecular weight is 320 g/mol. The van der Waals surface area contributed by atoms with E-state index in [-0.39, 0.29) is 5.82 Å². The van der Waals surface area contributed by atoms with E-state index < -0.39 is 0 Å². The van der Waals surface area contributed by atoms with Gasteiger partial charge in [0.05, 0.1) is 11.0 Å². The molecule has 0 atom stereocenters. The van der Waals surface area contributed by atoms with Gasteiger partial charge in [0, 0.05) is 11.0 Å². The highest BCUT2D eigenvalue weighted by Crippen LogP contribution is 2.16. The average Bonchev–Trinajstić information content (AvgIpc) is 2.80. The van der Waals surface area contributed by atoms with Gasteiger partial charge in [-0.25, -0.2) is 9.37 Å². The Bertz CT molecular complexity index is 706. The van der Waals surface area contributed by atoms with Crippen LogP contribution in [0.25, 0.3) is 11.0 Å². The van der Waals surface area contributed by atoms with Gasteiger partial charge in [-0.2, -0.15) is 0 Å². The summed E-state index contributed by atoms with van der Waals surface area (Å²) >= 11 is 3.40. The smallest absolute Gasteiger partial charge is 0.201 e. The Morgan fingerprint density at radius 1 is 1.16 bits per heavy atom. The molecule has 0 radical (unpaired) electrons. The number of halogens is 2. The molecule has 3 nitrogen and oxygen atoms in total. The number of imidazole rings is 1. The summed E-state index contributed by atoms with van der Waals surface area (Å²) in [5, 5.41) is 3.18. The molecule has 0 spiro atoms. The maximum absolute atomic E-state index is 13.1. The first-order valence-electron chi connectivity index (χ1n) is 5.84. The van der Waals surface area contributed by atoms with E-state index >= 15 is 0 Å². The third-order valence-corrected chi connectivity index (χ3v) is 3.35. The van der Waals surface area contributed by atoms with Crippen LogP contribution >= 0.6 is 15.9 Å². The zero-order valence-electron chi connectivity index (χ0n) is 9.95. The fourth-order valence-electron chi connectivity index (χ4n) is 1.85. The van der Waals surface area contributed by atoms with Gasteiger partial charge in [-0.3, -0.25) is 0 Å². The number of benzene rings is 2. The number of nitrogens with one attached hydrogen (secondary N) is 2. The highest BCUT2D eigenvalue weighted by Gasteiger charge is 2.03. The van der Waals surface area contributed by atoms with E-state index in [1.165, 1.54) is 12.1 Å². The molecule has 19 heavy (non-hydrogen) atoms. The van der Waals surface area contributed by atoms with Gasteiger partial charge in [-0.1, -0.05) is 28.1 Å². The van der Waals surface area contributed by atoms with Gasteiger partial charge in [0.2, 0.25) is 5.95 Å². The third-order valence-electron chi connectivity index (χ3n) is 2.82. The van der Waals surface area contributed by atoms with Crippen LogP contribution in [-0.4, -0.2) is 9.97 Å². The molecular weight excluding hydrogens is 309 g/mol. The van der Waals surface area contributed by atoms with Crippen LogP contribution in [0.1, 0.15) is 5.56 Å². The van der Waals surface area contributed by atoms with Crippen LogP contribution in [0, 0.1) is 5.82 Å². The predicted octanol–water partition coefficient (Wildman–Crippen LogP) is 4.08. The number of H-pyrrole nitrogens is 1. The summed E-state index contributed by atoms with van der Waals surface area (Å²) in [6.45, 7) is 0.662. The maximum atomic E-state index is 13.1. The number of aromatic nitrogens is 2. The summed E-state index contributed by atoms with van der Waals surface area (Å²) in [6.07, 6.45) is 0. The van der Waals surface area contributed by atoms with Crippen molar-refractivity contribution in [3.8, 4) is 0 Å². The van der Waals surface area contributed by atoms with Crippen LogP contribution in [0.2, 0.25) is 0 Å². The minimum atomic E-state index is -0.268. The Morgan fingerprint density at radius 2 is 1.95 bits per heavy atom. The van der Waals surface area contributed by atoms with Crippen molar-refractivity contribution in [1.29, 1.82) is 0 Å². The Morgan fingerprint density at radius 3 is 2.74 bits per heavy atom. The molecule has 0 unspecified atom stereocenters. The van der Waals surface area contributed by atoms with Crippen molar-refractivity contribution in [2.45, 2.75) is 6.54 Å². The van der Waals surface area contributed by atoms with E-state index in [0.717, 1.165) is 15.6 Å². The van der Waals surface area contributed by atoms with Gasteiger partial charge in [0.25, 0.3) is 0 Å². The van der Waals surface area contributed by atoms with Crippen molar-refractivity contribution < 1.29 is 4.39 Å². The molecule has 0 aliphatic carbocycles. The monoisotopic (exact) mass is 319 g/mol. The Balaban J connectivity index is 1.76. The van der Waals surface area contributed by atoms with E-state index in [0.29, 0.717) is 18.0 Å². The minimum Gasteiger partial charge on any atom is -0.352 e. The van der Waals surface area contributed by atoms with Crippen molar-refractivity contribution >= 4 is 32.9 Å². The standard InChI is InChI=1S/C14H11BrFN3/c15-10-3-1-9(2-4-10)8-17-14-18-12-6-5-11(16)7-13(12)19-14/h1-7H,8H2,(H2,17,18,19). The van der Waals surface area contributed by atoms with Gasteiger partial charge in [-0.05, 0) is 35.9 Å². The van der Waals surface area contributed by atoms with Crippen molar-refractivity contribution in [1.82, 2.24) is 9.97 Å². The minimum absolute atomic E-state index is 0.268. The SMILES string of the molecule is Fc1ccc2nc(NCc3ccc(Br)cc3)[nH]c2c1. The number of hydrogen-bond donors (Lipinski definition) is 2. The summed E-state index contributed by atoms with van der Waals surface area (Å²) in [5.41, 5.74) is 2.59. The summed E-state index contributed by atoms with van der Waals surface area (Å²) in [7, 11) is 0. The van der Waals surface area contributed by atoms with E-state index in [2.05, 4.69) is 31.2 Å². The van der Waals surface area contributed by atoms with Crippen LogP contribution in [0.5, 0.6) is 0 Å². The second-order valence-electron chi connectivity index (χ2n) is 4.23. The quantitative estimate of drug-likeness (QED) is 0.763. The molecule has 5 heteroatoms. The van der Waals surface area contributed by atoms with Crippen molar-refractivity contribution in [3.05, 3.63) is 58.3 Å². The number of rotatable bonds is 3. The van der Waals surface area contributed by atoms with Gasteiger partial charge >= 0.3 is 0 Å². The topological polar surface area (TPSA) is 40.7 Å². The summed E-state index contributed by atoms with van der Waals surface area (Å²) in [6, 6.07) is 12.5. The lowest BCUT2D eigenvalue weighted by Gasteiger charge is -2.02. The first-order valence-corrected chi connectivity index (χ1v) is 6.63. The molecule has 2 N–H and O–H groups in total. The largest absolute Gasteiger partial charge is 0.352 e. The normalized spacial score (nSPS) is 10.8. The lowest BCUT2D eigenvalue weighted by molar-refractivity contribution is 0.629. The highest BCUT2D eigenvalue weighted by atomic mass is 79.9. The fraction of sp³-hybridized carbons (Fsp3) is 0.0714. The summed E-state index contributed by atoms with van der Waals surface area (Å²) in [5.74, 6) is 0.374. The Kier molecular flexibility index (Phi) is 3.21. The molecule has 0 amide bonds. The molecule has 0 saturated carbocycles. The molecule has 1 aromatic heterocycles. The third kappa shape index (κ3) is 2.76. The van der Waals surface area contributed by atoms with Gasteiger partial charge in [0.1, 0.15) is 5.82 Å². The van der Waals surface area contributed by atoms with E-state index in [1.54, 1.807) is 6.07 Å². The van der Waals surface area contributed by atoms with Crippen molar-refractivity contribution in [2.75, 3.05) is 5.32 Å². The van der Waals surface area contributed by atoms with Crippen molar-refractivity contribution in [2.24, 2.45) is 0 Å². The number of aromatic amines is 1. The molecule has 0 bridgehead atoms. The lowest BCUT2D eigenvalue weighted by Crippen LogP contribution is -2.00. The van der Waals surface area contributed by atoms with E-state index in [1.807, 2.05) is 24.3 Å². The van der Waals surface area contributed by atoms with Gasteiger partial charge in [-0.15, -0.1) is 0 Å². The van der Waals surface area contributed by atoms with Gasteiger partial charge in [0.15, 0.2) is 0 Å². The van der Waals surface area contributed by atoms with E-state index in [9.17, 15) is 4.39 Å². The number of fused-ring (bicyclic) bond motifs is 1. The zero-order chi connectivity index (χ0) is 13.2. The first-order chi connectivity index (χ1) is 9.20. The Labute approximate surface area is 118 Å². The molecule has 0 fully saturated rings. The summed E-state index contributed by atoms with van der Waals surface area (Å²) in [4.78, 5) is 7.39. The van der Waals surface area contributed by atoms with Gasteiger partial charge < -0.3 is 10.3 Å². The van der Waals surface area contributed by atoms with Crippen LogP contribution in [0.3, 0.4) is 0 Å². The van der Waals surface area contributed by atoms with E-state index in [4.69, 9.17) is 0 Å². The summed E-state index contributed by atoms with van der Waals surface area (Å²) < 4.78 is 14.1. The van der Waals surface area contributed by atoms with Crippen molar-refractivity contribution in [3.63, 3.8) is 0 Å². The molecule has 3 aromatic rings. The fourth-order valence-corrected chi connectivity index (χ4v) is 2.12. The molecule has 0 aliphatic rings. The van der Waals surface area contributed by atoms with Crippen LogP contribution in [0.15, 0.2) is 46.9 Å². The zero-order valence-corrected chi connectivity index (χ0v) is 11.5. The lowest BCUT2D eigenvalue weighted by atomic mass is 10.2. The second kappa shape index (κ2) is 5.01. The maximum Gasteiger partial charge on any atom is 0.201 e. The number of anilines is 1.